The number of aliphatic hydroxyl groups is 2. The third-order valence-electron chi connectivity index (χ3n) is 2.20. The lowest BCUT2D eigenvalue weighted by molar-refractivity contribution is 0.0794. The van der Waals surface area contributed by atoms with Crippen molar-refractivity contribution in [2.75, 3.05) is 13.1 Å². The number of pyridine rings is 1. The molecule has 0 spiro atoms. The quantitative estimate of drug-likeness (QED) is 0.744. The van der Waals surface area contributed by atoms with Gasteiger partial charge in [0.1, 0.15) is 0 Å². The van der Waals surface area contributed by atoms with E-state index in [1.54, 1.807) is 26.2 Å². The number of aromatic nitrogens is 1. The van der Waals surface area contributed by atoms with Crippen LogP contribution >= 0.6 is 0 Å². The first-order valence-corrected chi connectivity index (χ1v) is 5.55. The highest BCUT2D eigenvalue weighted by molar-refractivity contribution is 5.09. The molecule has 0 fully saturated rings. The van der Waals surface area contributed by atoms with E-state index in [4.69, 9.17) is 0 Å². The SMILES string of the molecule is CC(O)CN(Cc1ccncc1)CC(C)O. The summed E-state index contributed by atoms with van der Waals surface area (Å²) >= 11 is 0. The Morgan fingerprint density at radius 1 is 1.12 bits per heavy atom. The van der Waals surface area contributed by atoms with Crippen LogP contribution < -0.4 is 0 Å². The highest BCUT2D eigenvalue weighted by Gasteiger charge is 2.11. The zero-order valence-electron chi connectivity index (χ0n) is 9.87. The highest BCUT2D eigenvalue weighted by atomic mass is 16.3. The van der Waals surface area contributed by atoms with Crippen LogP contribution in [0.2, 0.25) is 0 Å². The predicted octanol–water partition coefficient (Wildman–Crippen LogP) is 0.645. The van der Waals surface area contributed by atoms with E-state index in [1.165, 1.54) is 0 Å². The van der Waals surface area contributed by atoms with Gasteiger partial charge in [0.25, 0.3) is 0 Å². The van der Waals surface area contributed by atoms with E-state index in [0.29, 0.717) is 13.1 Å². The number of aliphatic hydroxyl groups excluding tert-OH is 2. The van der Waals surface area contributed by atoms with E-state index in [1.807, 2.05) is 17.0 Å². The number of nitrogens with zero attached hydrogens (tertiary/aromatic N) is 2. The molecule has 0 aliphatic rings. The van der Waals surface area contributed by atoms with Gasteiger partial charge >= 0.3 is 0 Å². The van der Waals surface area contributed by atoms with Gasteiger partial charge < -0.3 is 10.2 Å². The van der Waals surface area contributed by atoms with Crippen molar-refractivity contribution in [3.05, 3.63) is 30.1 Å². The van der Waals surface area contributed by atoms with Gasteiger partial charge in [0.2, 0.25) is 0 Å². The molecule has 1 rings (SSSR count). The van der Waals surface area contributed by atoms with E-state index in [9.17, 15) is 10.2 Å². The van der Waals surface area contributed by atoms with Crippen molar-refractivity contribution in [3.8, 4) is 0 Å². The molecule has 0 bridgehead atoms. The first-order chi connectivity index (χ1) is 7.58. The molecule has 2 unspecified atom stereocenters. The average Bonchev–Trinajstić information content (AvgIpc) is 2.16. The number of hydrogen-bond donors (Lipinski definition) is 2. The maximum Gasteiger partial charge on any atom is 0.0639 e. The van der Waals surface area contributed by atoms with E-state index < -0.39 is 0 Å². The molecular formula is C12H20N2O2. The average molecular weight is 224 g/mol. The Kier molecular flexibility index (Phi) is 5.38. The second-order valence-electron chi connectivity index (χ2n) is 4.25. The Balaban J connectivity index is 2.56. The normalized spacial score (nSPS) is 15.1. The summed E-state index contributed by atoms with van der Waals surface area (Å²) in [5, 5.41) is 18.8. The van der Waals surface area contributed by atoms with Crippen LogP contribution in [0.5, 0.6) is 0 Å². The summed E-state index contributed by atoms with van der Waals surface area (Å²) in [6, 6.07) is 3.88. The molecule has 0 aromatic carbocycles. The molecular weight excluding hydrogens is 204 g/mol. The molecule has 4 nitrogen and oxygen atoms in total. The summed E-state index contributed by atoms with van der Waals surface area (Å²) in [4.78, 5) is 5.99. The third-order valence-corrected chi connectivity index (χ3v) is 2.20. The van der Waals surface area contributed by atoms with Crippen molar-refractivity contribution in [3.63, 3.8) is 0 Å². The summed E-state index contributed by atoms with van der Waals surface area (Å²) in [5.74, 6) is 0. The molecule has 0 aliphatic heterocycles. The molecule has 16 heavy (non-hydrogen) atoms. The molecule has 0 radical (unpaired) electrons. The fraction of sp³-hybridized carbons (Fsp3) is 0.583. The molecule has 90 valence electrons. The molecule has 1 heterocycles. The molecule has 2 N–H and O–H groups in total. The fourth-order valence-corrected chi connectivity index (χ4v) is 1.70. The van der Waals surface area contributed by atoms with Crippen LogP contribution in [0.4, 0.5) is 0 Å². The van der Waals surface area contributed by atoms with Crippen LogP contribution in [0.25, 0.3) is 0 Å². The lowest BCUT2D eigenvalue weighted by Crippen LogP contribution is -2.35. The van der Waals surface area contributed by atoms with E-state index in [2.05, 4.69) is 4.98 Å². The van der Waals surface area contributed by atoms with Gasteiger partial charge in [-0.2, -0.15) is 0 Å². The first-order valence-electron chi connectivity index (χ1n) is 5.55. The molecule has 1 aromatic heterocycles. The molecule has 1 aromatic rings. The third kappa shape index (κ3) is 5.21. The smallest absolute Gasteiger partial charge is 0.0639 e. The van der Waals surface area contributed by atoms with Gasteiger partial charge in [0.15, 0.2) is 0 Å². The topological polar surface area (TPSA) is 56.6 Å². The van der Waals surface area contributed by atoms with E-state index in [-0.39, 0.29) is 12.2 Å². The van der Waals surface area contributed by atoms with E-state index in [0.717, 1.165) is 12.1 Å². The second-order valence-corrected chi connectivity index (χ2v) is 4.25. The summed E-state index contributed by atoms with van der Waals surface area (Å²) in [6.45, 7) is 5.35. The molecule has 0 saturated carbocycles. The first kappa shape index (κ1) is 13.1. The van der Waals surface area contributed by atoms with Crippen molar-refractivity contribution in [2.45, 2.75) is 32.6 Å². The predicted molar refractivity (Wildman–Crippen MR) is 62.9 cm³/mol. The fourth-order valence-electron chi connectivity index (χ4n) is 1.70. The molecule has 0 aliphatic carbocycles. The van der Waals surface area contributed by atoms with E-state index >= 15 is 0 Å². The summed E-state index contributed by atoms with van der Waals surface area (Å²) < 4.78 is 0. The van der Waals surface area contributed by atoms with Crippen LogP contribution in [0.1, 0.15) is 19.4 Å². The van der Waals surface area contributed by atoms with Crippen molar-refractivity contribution in [1.82, 2.24) is 9.88 Å². The van der Waals surface area contributed by atoms with Crippen LogP contribution in [0, 0.1) is 0 Å². The zero-order valence-corrected chi connectivity index (χ0v) is 9.87. The monoisotopic (exact) mass is 224 g/mol. The van der Waals surface area contributed by atoms with Crippen molar-refractivity contribution in [2.24, 2.45) is 0 Å². The minimum Gasteiger partial charge on any atom is -0.392 e. The Morgan fingerprint density at radius 2 is 1.62 bits per heavy atom. The second kappa shape index (κ2) is 6.58. The Bertz CT molecular complexity index is 278. The molecule has 2 atom stereocenters. The van der Waals surface area contributed by atoms with Gasteiger partial charge in [0.05, 0.1) is 12.2 Å². The van der Waals surface area contributed by atoms with Gasteiger partial charge in [-0.3, -0.25) is 9.88 Å². The number of rotatable bonds is 6. The Morgan fingerprint density at radius 3 is 2.06 bits per heavy atom. The summed E-state index contributed by atoms with van der Waals surface area (Å²) in [6.07, 6.45) is 2.72. The van der Waals surface area contributed by atoms with Gasteiger partial charge in [-0.1, -0.05) is 0 Å². The van der Waals surface area contributed by atoms with Gasteiger partial charge in [-0.05, 0) is 31.5 Å². The minimum absolute atomic E-state index is 0.388. The van der Waals surface area contributed by atoms with Gasteiger partial charge in [-0.25, -0.2) is 0 Å². The van der Waals surface area contributed by atoms with Gasteiger partial charge in [0, 0.05) is 32.0 Å². The molecule has 0 saturated heterocycles. The standard InChI is InChI=1S/C12H20N2O2/c1-10(15)7-14(8-11(2)16)9-12-3-5-13-6-4-12/h3-6,10-11,15-16H,7-9H2,1-2H3. The van der Waals surface area contributed by atoms with Crippen LogP contribution in [0.15, 0.2) is 24.5 Å². The molecule has 4 heteroatoms. The minimum atomic E-state index is -0.388. The van der Waals surface area contributed by atoms with Crippen molar-refractivity contribution < 1.29 is 10.2 Å². The zero-order chi connectivity index (χ0) is 12.0. The van der Waals surface area contributed by atoms with Crippen LogP contribution in [0.3, 0.4) is 0 Å². The van der Waals surface area contributed by atoms with Crippen molar-refractivity contribution >= 4 is 0 Å². The lowest BCUT2D eigenvalue weighted by Gasteiger charge is -2.24. The Hall–Kier alpha value is -0.970. The maximum absolute atomic E-state index is 9.38. The van der Waals surface area contributed by atoms with Gasteiger partial charge in [-0.15, -0.1) is 0 Å². The molecule has 0 amide bonds. The lowest BCUT2D eigenvalue weighted by atomic mass is 10.2. The largest absolute Gasteiger partial charge is 0.392 e. The number of hydrogen-bond acceptors (Lipinski definition) is 4. The summed E-state index contributed by atoms with van der Waals surface area (Å²) in [5.41, 5.74) is 1.14. The Labute approximate surface area is 96.6 Å². The maximum atomic E-state index is 9.38. The van der Waals surface area contributed by atoms with Crippen LogP contribution in [-0.4, -0.2) is 45.4 Å². The highest BCUT2D eigenvalue weighted by Crippen LogP contribution is 2.05. The van der Waals surface area contributed by atoms with Crippen molar-refractivity contribution in [1.29, 1.82) is 0 Å². The van der Waals surface area contributed by atoms with Crippen LogP contribution in [-0.2, 0) is 6.54 Å². The summed E-state index contributed by atoms with van der Waals surface area (Å²) in [7, 11) is 0.